The summed E-state index contributed by atoms with van der Waals surface area (Å²) in [5, 5.41) is 10.4. The summed E-state index contributed by atoms with van der Waals surface area (Å²) in [5.41, 5.74) is 1.30. The van der Waals surface area contributed by atoms with Gasteiger partial charge in [-0.3, -0.25) is 24.1 Å². The van der Waals surface area contributed by atoms with Gasteiger partial charge in [0.15, 0.2) is 5.78 Å². The Balaban J connectivity index is 1.34. The lowest BCUT2D eigenvalue weighted by Crippen LogP contribution is -2.66. The number of aliphatic carboxylic acids is 1. The number of fused-ring (bicyclic) bond motifs is 7. The highest BCUT2D eigenvalue weighted by Crippen LogP contribution is 2.77. The molecule has 9 atom stereocenters. The lowest BCUT2D eigenvalue weighted by atomic mass is 9.33. The molecule has 1 N–H and O–H groups in total. The van der Waals surface area contributed by atoms with Crippen LogP contribution in [0.5, 0.6) is 0 Å². The monoisotopic (exact) mass is 851 g/mol. The Morgan fingerprint density at radius 3 is 2.25 bits per heavy atom. The minimum Gasteiger partial charge on any atom is -0.481 e. The SMILES string of the molecule is CC(=O)O[C@H](CN(CCN(C)C)Cc1cccc(Cl)c1)C12CC[C@]3(C)[C@H](CCC4[C@@]5(C)CC[C@H](OC(=O)CC(C)(C)C(=O)O)C(C)(C)C5CC[C@]43C)C1=C(C(C)C)C(=O)C2. The molecule has 1 aromatic carbocycles. The molecule has 0 bridgehead atoms. The average Bonchev–Trinajstić information content (AvgIpc) is 3.44. The topological polar surface area (TPSA) is 113 Å². The first-order valence-corrected chi connectivity index (χ1v) is 23.2. The van der Waals surface area contributed by atoms with Gasteiger partial charge in [-0.15, -0.1) is 0 Å². The van der Waals surface area contributed by atoms with Gasteiger partial charge in [-0.25, -0.2) is 0 Å². The van der Waals surface area contributed by atoms with Gasteiger partial charge in [-0.05, 0) is 148 Å². The number of likely N-dealkylation sites (N-methyl/N-ethyl adjacent to an activating group) is 1. The van der Waals surface area contributed by atoms with Gasteiger partial charge in [0.05, 0.1) is 11.8 Å². The van der Waals surface area contributed by atoms with Crippen LogP contribution in [0.15, 0.2) is 35.4 Å². The second-order valence-corrected chi connectivity index (χ2v) is 22.8. The molecule has 60 heavy (non-hydrogen) atoms. The zero-order valence-corrected chi connectivity index (χ0v) is 39.6. The van der Waals surface area contributed by atoms with Crippen LogP contribution in [0, 0.1) is 56.2 Å². The summed E-state index contributed by atoms with van der Waals surface area (Å²) in [6, 6.07) is 7.98. The highest BCUT2D eigenvalue weighted by atomic mass is 35.5. The molecule has 4 saturated carbocycles. The molecule has 9 nitrogen and oxygen atoms in total. The van der Waals surface area contributed by atoms with Crippen LogP contribution in [0.3, 0.4) is 0 Å². The third-order valence-electron chi connectivity index (χ3n) is 17.4. The number of nitrogens with zero attached hydrogens (tertiary/aromatic N) is 2. The van der Waals surface area contributed by atoms with Gasteiger partial charge in [0.25, 0.3) is 0 Å². The molecule has 3 unspecified atom stereocenters. The van der Waals surface area contributed by atoms with Crippen LogP contribution in [0.25, 0.3) is 0 Å². The maximum Gasteiger partial charge on any atom is 0.309 e. The number of hydrogen-bond acceptors (Lipinski definition) is 8. The van der Waals surface area contributed by atoms with E-state index >= 15 is 0 Å². The van der Waals surface area contributed by atoms with Gasteiger partial charge < -0.3 is 19.5 Å². The summed E-state index contributed by atoms with van der Waals surface area (Å²) in [7, 11) is 4.15. The molecule has 0 heterocycles. The summed E-state index contributed by atoms with van der Waals surface area (Å²) < 4.78 is 12.7. The number of carbonyl (C=O) groups is 4. The lowest BCUT2D eigenvalue weighted by molar-refractivity contribution is -0.235. The first-order valence-electron chi connectivity index (χ1n) is 22.8. The summed E-state index contributed by atoms with van der Waals surface area (Å²) in [4.78, 5) is 57.4. The number of Topliss-reactive ketones (excluding diaryl/α,β-unsaturated/α-hetero) is 1. The number of ketones is 1. The van der Waals surface area contributed by atoms with E-state index in [9.17, 15) is 24.3 Å². The van der Waals surface area contributed by atoms with Gasteiger partial charge in [0.2, 0.25) is 0 Å². The van der Waals surface area contributed by atoms with Gasteiger partial charge in [-0.2, -0.15) is 0 Å². The molecule has 0 spiro atoms. The predicted molar refractivity (Wildman–Crippen MR) is 236 cm³/mol. The lowest BCUT2D eigenvalue weighted by Gasteiger charge is -2.72. The van der Waals surface area contributed by atoms with Crippen molar-refractivity contribution in [3.8, 4) is 0 Å². The van der Waals surface area contributed by atoms with Crippen LogP contribution in [-0.4, -0.2) is 84.5 Å². The van der Waals surface area contributed by atoms with Crippen LogP contribution in [0.2, 0.25) is 5.02 Å². The molecule has 4 fully saturated rings. The first kappa shape index (κ1) is 46.7. The smallest absolute Gasteiger partial charge is 0.309 e. The zero-order chi connectivity index (χ0) is 44.4. The number of allylic oxidation sites excluding steroid dienone is 1. The van der Waals surface area contributed by atoms with E-state index < -0.39 is 28.9 Å². The number of ether oxygens (including phenoxy) is 2. The standard InChI is InChI=1S/C50H75ClN2O7/c1-31(2)42-36(55)27-50(40(59-32(3)54)30-53(25-24-52(11)12)29-33-14-13-15-34(51)26-33)23-22-48(9)35(43(42)50)16-17-38-47(8)20-19-39(60-41(56)28-45(4,5)44(57)58)46(6,7)37(47)18-21-49(38,48)10/h13-15,26,31,35,37-40H,16-25,27-30H2,1-12H3,(H,57,58)/t35-,37?,38?,39+,40-,47+,48-,49-,50?/m1/s1. The molecule has 5 aliphatic carbocycles. The summed E-state index contributed by atoms with van der Waals surface area (Å²) in [6.07, 6.45) is 7.08. The maximum atomic E-state index is 14.6. The zero-order valence-electron chi connectivity index (χ0n) is 38.8. The molecule has 0 saturated heterocycles. The first-order chi connectivity index (χ1) is 27.8. The normalized spacial score (nSPS) is 34.2. The van der Waals surface area contributed by atoms with Crippen molar-refractivity contribution < 1.29 is 33.8 Å². The van der Waals surface area contributed by atoms with E-state index in [1.807, 2.05) is 18.2 Å². The van der Waals surface area contributed by atoms with E-state index in [-0.39, 0.29) is 57.8 Å². The highest BCUT2D eigenvalue weighted by molar-refractivity contribution is 6.30. The molecule has 6 rings (SSSR count). The van der Waals surface area contributed by atoms with Gasteiger partial charge in [-0.1, -0.05) is 72.2 Å². The van der Waals surface area contributed by atoms with E-state index in [1.165, 1.54) is 12.5 Å². The fraction of sp³-hybridized carbons (Fsp3) is 0.760. The molecular formula is C50H75ClN2O7. The van der Waals surface area contributed by atoms with Gasteiger partial charge >= 0.3 is 17.9 Å². The van der Waals surface area contributed by atoms with Crippen molar-refractivity contribution in [2.24, 2.45) is 56.2 Å². The minimum absolute atomic E-state index is 0.000408. The van der Waals surface area contributed by atoms with E-state index in [0.29, 0.717) is 36.4 Å². The van der Waals surface area contributed by atoms with Crippen molar-refractivity contribution in [3.05, 3.63) is 46.0 Å². The van der Waals surface area contributed by atoms with Gasteiger partial charge in [0.1, 0.15) is 12.2 Å². The summed E-state index contributed by atoms with van der Waals surface area (Å²) >= 11 is 6.46. The Bertz CT molecular complexity index is 1870. The Labute approximate surface area is 365 Å². The van der Waals surface area contributed by atoms with Crippen molar-refractivity contribution in [2.75, 3.05) is 33.7 Å². The van der Waals surface area contributed by atoms with Crippen LogP contribution >= 0.6 is 11.6 Å². The molecule has 5 aliphatic rings. The van der Waals surface area contributed by atoms with Crippen molar-refractivity contribution in [2.45, 2.75) is 152 Å². The molecule has 334 valence electrons. The quantitative estimate of drug-likeness (QED) is 0.183. The Kier molecular flexibility index (Phi) is 13.0. The molecule has 0 amide bonds. The highest BCUT2D eigenvalue weighted by Gasteiger charge is 2.71. The number of halogens is 1. The van der Waals surface area contributed by atoms with E-state index in [4.69, 9.17) is 21.1 Å². The molecular weight excluding hydrogens is 776 g/mol. The molecule has 10 heteroatoms. The summed E-state index contributed by atoms with van der Waals surface area (Å²) in [5.74, 6) is -0.472. The molecule has 1 aromatic rings. The number of carboxylic acids is 1. The number of carbonyl (C=O) groups excluding carboxylic acids is 3. The number of carboxylic acid groups (broad SMARTS) is 1. The largest absolute Gasteiger partial charge is 0.481 e. The minimum atomic E-state index is -1.18. The maximum absolute atomic E-state index is 14.6. The second kappa shape index (κ2) is 16.7. The Hall–Kier alpha value is -2.75. The fourth-order valence-corrected chi connectivity index (χ4v) is 14.3. The number of hydrogen-bond donors (Lipinski definition) is 1. The number of benzene rings is 1. The van der Waals surface area contributed by atoms with Crippen LogP contribution in [-0.2, 0) is 35.2 Å². The van der Waals surface area contributed by atoms with Crippen molar-refractivity contribution in [3.63, 3.8) is 0 Å². The van der Waals surface area contributed by atoms with E-state index in [2.05, 4.69) is 78.4 Å². The number of rotatable bonds is 14. The van der Waals surface area contributed by atoms with Crippen molar-refractivity contribution in [1.29, 1.82) is 0 Å². The van der Waals surface area contributed by atoms with Crippen LogP contribution in [0.4, 0.5) is 0 Å². The average molecular weight is 852 g/mol. The van der Waals surface area contributed by atoms with E-state index in [1.54, 1.807) is 13.8 Å². The van der Waals surface area contributed by atoms with Gasteiger partial charge in [0, 0.05) is 55.4 Å². The third-order valence-corrected chi connectivity index (χ3v) is 17.6. The van der Waals surface area contributed by atoms with E-state index in [0.717, 1.165) is 75.6 Å². The number of esters is 2. The second-order valence-electron chi connectivity index (χ2n) is 22.3. The van der Waals surface area contributed by atoms with Crippen molar-refractivity contribution >= 4 is 35.3 Å². The Morgan fingerprint density at radius 1 is 0.933 bits per heavy atom. The fourth-order valence-electron chi connectivity index (χ4n) is 14.1. The van der Waals surface area contributed by atoms with Crippen LogP contribution < -0.4 is 0 Å². The molecule has 0 aliphatic heterocycles. The third kappa shape index (κ3) is 8.15. The summed E-state index contributed by atoms with van der Waals surface area (Å²) in [6.45, 7) is 24.0. The van der Waals surface area contributed by atoms with Crippen LogP contribution in [0.1, 0.15) is 139 Å². The molecule has 0 aromatic heterocycles. The Morgan fingerprint density at radius 2 is 1.63 bits per heavy atom. The van der Waals surface area contributed by atoms with Crippen molar-refractivity contribution in [1.82, 2.24) is 9.80 Å². The molecule has 0 radical (unpaired) electrons. The predicted octanol–water partition coefficient (Wildman–Crippen LogP) is 10.0.